The second kappa shape index (κ2) is 8.75. The fourth-order valence-corrected chi connectivity index (χ4v) is 3.35. The molecule has 7 nitrogen and oxygen atoms in total. The minimum Gasteiger partial charge on any atom is -0.451 e. The fourth-order valence-electron chi connectivity index (χ4n) is 3.16. The number of halogens is 2. The number of nitrogens with two attached hydrogens (primary N) is 2. The molecule has 3 rings (SSSR count). The summed E-state index contributed by atoms with van der Waals surface area (Å²) >= 11 is 6.17. The number of hydrogen-bond acceptors (Lipinski definition) is 5. The van der Waals surface area contributed by atoms with Gasteiger partial charge in [0.25, 0.3) is 5.91 Å². The second-order valence-electron chi connectivity index (χ2n) is 7.18. The number of carbonyl (C=O) groups is 2. The predicted molar refractivity (Wildman–Crippen MR) is 106 cm³/mol. The van der Waals surface area contributed by atoms with Crippen LogP contribution in [-0.2, 0) is 4.79 Å². The van der Waals surface area contributed by atoms with Gasteiger partial charge in [-0.1, -0.05) is 17.7 Å². The average molecular weight is 421 g/mol. The molecule has 1 aromatic carbocycles. The van der Waals surface area contributed by atoms with Gasteiger partial charge in [0.2, 0.25) is 5.91 Å². The standard InChI is InChI=1S/C20H22ClFN4O3/c1-10(8-16(23)27)26-18(11-2-3-11)13-5-6-14(21)19(17(13)22)29-12-4-7-15(20(24)28)25-9-12/h4-7,9-11,18,26H,2-3,8H2,1H3,(H2,23,27)(H2,24,28)/t10-,18-/m1/s1. The van der Waals surface area contributed by atoms with Crippen LogP contribution in [-0.4, -0.2) is 22.8 Å². The van der Waals surface area contributed by atoms with E-state index in [1.807, 2.05) is 6.92 Å². The van der Waals surface area contributed by atoms with Crippen molar-refractivity contribution < 1.29 is 18.7 Å². The zero-order valence-electron chi connectivity index (χ0n) is 15.8. The summed E-state index contributed by atoms with van der Waals surface area (Å²) in [5.74, 6) is -1.35. The lowest BCUT2D eigenvalue weighted by Gasteiger charge is -2.24. The van der Waals surface area contributed by atoms with Gasteiger partial charge in [0.1, 0.15) is 11.4 Å². The van der Waals surface area contributed by atoms with Gasteiger partial charge in [-0.05, 0) is 43.9 Å². The van der Waals surface area contributed by atoms with Crippen molar-refractivity contribution in [1.29, 1.82) is 0 Å². The molecule has 1 aromatic heterocycles. The van der Waals surface area contributed by atoms with E-state index in [9.17, 15) is 9.59 Å². The quantitative estimate of drug-likeness (QED) is 0.575. The molecule has 0 unspecified atom stereocenters. The van der Waals surface area contributed by atoms with Crippen LogP contribution in [0.15, 0.2) is 30.5 Å². The van der Waals surface area contributed by atoms with Crippen LogP contribution in [0.4, 0.5) is 4.39 Å². The van der Waals surface area contributed by atoms with E-state index in [1.165, 1.54) is 18.3 Å². The first-order valence-corrected chi connectivity index (χ1v) is 9.60. The molecular formula is C20H22ClFN4O3. The number of ether oxygens (including phenoxy) is 1. The second-order valence-corrected chi connectivity index (χ2v) is 7.59. The molecule has 0 radical (unpaired) electrons. The van der Waals surface area contributed by atoms with Crippen LogP contribution < -0.4 is 21.5 Å². The normalized spacial score (nSPS) is 15.6. The van der Waals surface area contributed by atoms with Crippen molar-refractivity contribution in [3.63, 3.8) is 0 Å². The van der Waals surface area contributed by atoms with Crippen LogP contribution >= 0.6 is 11.6 Å². The Labute approximate surface area is 172 Å². The van der Waals surface area contributed by atoms with E-state index in [0.717, 1.165) is 12.8 Å². The van der Waals surface area contributed by atoms with Gasteiger partial charge < -0.3 is 21.5 Å². The van der Waals surface area contributed by atoms with Crippen molar-refractivity contribution in [2.75, 3.05) is 0 Å². The maximum atomic E-state index is 15.3. The van der Waals surface area contributed by atoms with E-state index >= 15 is 4.39 Å². The Bertz CT molecular complexity index is 919. The van der Waals surface area contributed by atoms with Crippen LogP contribution in [0, 0.1) is 11.7 Å². The van der Waals surface area contributed by atoms with E-state index in [0.29, 0.717) is 5.56 Å². The van der Waals surface area contributed by atoms with Gasteiger partial charge in [-0.2, -0.15) is 0 Å². The predicted octanol–water partition coefficient (Wildman–Crippen LogP) is 3.07. The van der Waals surface area contributed by atoms with E-state index < -0.39 is 17.6 Å². The largest absolute Gasteiger partial charge is 0.451 e. The molecule has 1 aliphatic rings. The van der Waals surface area contributed by atoms with Crippen molar-refractivity contribution in [3.8, 4) is 11.5 Å². The molecule has 9 heteroatoms. The fraction of sp³-hybridized carbons (Fsp3) is 0.350. The van der Waals surface area contributed by atoms with Crippen LogP contribution in [0.5, 0.6) is 11.5 Å². The molecule has 2 amide bonds. The van der Waals surface area contributed by atoms with Crippen LogP contribution in [0.3, 0.4) is 0 Å². The first kappa shape index (κ1) is 21.0. The highest BCUT2D eigenvalue weighted by Crippen LogP contribution is 2.45. The van der Waals surface area contributed by atoms with E-state index in [2.05, 4.69) is 10.3 Å². The zero-order valence-corrected chi connectivity index (χ0v) is 16.6. The zero-order chi connectivity index (χ0) is 21.1. The first-order valence-electron chi connectivity index (χ1n) is 9.22. The van der Waals surface area contributed by atoms with Crippen molar-refractivity contribution in [3.05, 3.63) is 52.6 Å². The molecule has 1 heterocycles. The first-order chi connectivity index (χ1) is 13.8. The van der Waals surface area contributed by atoms with E-state index in [1.54, 1.807) is 12.1 Å². The molecule has 1 saturated carbocycles. The molecule has 0 spiro atoms. The van der Waals surface area contributed by atoms with E-state index in [4.69, 9.17) is 27.8 Å². The van der Waals surface area contributed by atoms with Crippen LogP contribution in [0.1, 0.15) is 48.3 Å². The minimum atomic E-state index is -0.675. The summed E-state index contributed by atoms with van der Waals surface area (Å²) < 4.78 is 21.0. The van der Waals surface area contributed by atoms with Crippen LogP contribution in [0.25, 0.3) is 0 Å². The molecule has 1 aliphatic carbocycles. The number of hydrogen-bond donors (Lipinski definition) is 3. The Kier molecular flexibility index (Phi) is 6.34. The Morgan fingerprint density at radius 3 is 2.59 bits per heavy atom. The van der Waals surface area contributed by atoms with Gasteiger partial charge in [-0.15, -0.1) is 0 Å². The third kappa shape index (κ3) is 5.21. The number of nitrogens with zero attached hydrogens (tertiary/aromatic N) is 1. The molecule has 29 heavy (non-hydrogen) atoms. The molecule has 0 aliphatic heterocycles. The molecule has 0 saturated heterocycles. The molecule has 154 valence electrons. The number of aromatic nitrogens is 1. The van der Waals surface area contributed by atoms with Gasteiger partial charge in [-0.25, -0.2) is 9.37 Å². The average Bonchev–Trinajstić information content (AvgIpc) is 3.48. The smallest absolute Gasteiger partial charge is 0.267 e. The van der Waals surface area contributed by atoms with Gasteiger partial charge >= 0.3 is 0 Å². The Hall–Kier alpha value is -2.71. The Balaban J connectivity index is 1.86. The summed E-state index contributed by atoms with van der Waals surface area (Å²) in [6.07, 6.45) is 3.34. The van der Waals surface area contributed by atoms with Crippen molar-refractivity contribution in [1.82, 2.24) is 10.3 Å². The monoisotopic (exact) mass is 420 g/mol. The number of carbonyl (C=O) groups excluding carboxylic acids is 2. The van der Waals surface area contributed by atoms with Crippen LogP contribution in [0.2, 0.25) is 5.02 Å². The van der Waals surface area contributed by atoms with Gasteiger partial charge in [-0.3, -0.25) is 9.59 Å². The topological polar surface area (TPSA) is 120 Å². The van der Waals surface area contributed by atoms with Gasteiger partial charge in [0.05, 0.1) is 11.2 Å². The summed E-state index contributed by atoms with van der Waals surface area (Å²) in [6.45, 7) is 1.83. The lowest BCUT2D eigenvalue weighted by Crippen LogP contribution is -2.35. The van der Waals surface area contributed by atoms with E-state index in [-0.39, 0.29) is 46.6 Å². The third-order valence-corrected chi connectivity index (χ3v) is 4.99. The highest BCUT2D eigenvalue weighted by atomic mass is 35.5. The number of rotatable bonds is 9. The Morgan fingerprint density at radius 2 is 2.03 bits per heavy atom. The molecule has 0 bridgehead atoms. The number of nitrogens with one attached hydrogen (secondary N) is 1. The summed E-state index contributed by atoms with van der Waals surface area (Å²) in [6, 6.07) is 5.53. The van der Waals surface area contributed by atoms with Crippen molar-refractivity contribution >= 4 is 23.4 Å². The molecular weight excluding hydrogens is 399 g/mol. The minimum absolute atomic E-state index is 0.0686. The number of primary amides is 2. The summed E-state index contributed by atoms with van der Waals surface area (Å²) in [4.78, 5) is 26.2. The van der Waals surface area contributed by atoms with Gasteiger partial charge in [0.15, 0.2) is 11.6 Å². The SMILES string of the molecule is C[C@H](CC(N)=O)N[C@@H](c1ccc(Cl)c(Oc2ccc(C(N)=O)nc2)c1F)C1CC1. The van der Waals surface area contributed by atoms with Gasteiger partial charge in [0, 0.05) is 24.1 Å². The highest BCUT2D eigenvalue weighted by molar-refractivity contribution is 6.32. The molecule has 2 atom stereocenters. The third-order valence-electron chi connectivity index (χ3n) is 4.69. The number of benzene rings is 1. The lowest BCUT2D eigenvalue weighted by molar-refractivity contribution is -0.118. The summed E-state index contributed by atoms with van der Waals surface area (Å²) in [7, 11) is 0. The lowest BCUT2D eigenvalue weighted by atomic mass is 9.99. The molecule has 1 fully saturated rings. The maximum absolute atomic E-state index is 15.3. The highest BCUT2D eigenvalue weighted by Gasteiger charge is 2.35. The maximum Gasteiger partial charge on any atom is 0.267 e. The van der Waals surface area contributed by atoms with Crippen molar-refractivity contribution in [2.45, 2.75) is 38.3 Å². The summed E-state index contributed by atoms with van der Waals surface area (Å²) in [5, 5.41) is 3.40. The summed E-state index contributed by atoms with van der Waals surface area (Å²) in [5.41, 5.74) is 10.9. The van der Waals surface area contributed by atoms with Crippen molar-refractivity contribution in [2.24, 2.45) is 17.4 Å². The molecule has 2 aromatic rings. The number of pyridine rings is 1. The Morgan fingerprint density at radius 1 is 1.31 bits per heavy atom. The molecule has 5 N–H and O–H groups in total. The number of amides is 2.